The molecular formula is C19H30N3O3W-. The van der Waals surface area contributed by atoms with Gasteiger partial charge < -0.3 is 22.0 Å². The number of ketones is 1. The van der Waals surface area contributed by atoms with Crippen LogP contribution in [0.15, 0.2) is 12.7 Å². The van der Waals surface area contributed by atoms with Gasteiger partial charge in [-0.25, -0.2) is 0 Å². The third-order valence-electron chi connectivity index (χ3n) is 5.35. The van der Waals surface area contributed by atoms with Gasteiger partial charge in [0.25, 0.3) is 0 Å². The van der Waals surface area contributed by atoms with E-state index in [0.717, 1.165) is 0 Å². The van der Waals surface area contributed by atoms with Crippen LogP contribution in [-0.2, 0) is 35.4 Å². The average Bonchev–Trinajstić information content (AvgIpc) is 3.01. The van der Waals surface area contributed by atoms with Gasteiger partial charge in [-0.15, -0.1) is 19.5 Å². The second-order valence-corrected chi connectivity index (χ2v) is 8.18. The standard InChI is InChI=1S/C19H30N3O3.W/c1-7-13-11-19(13,12(2)23)21-16(24)14-9-8-10-22(14)17(25)15(20-6)18(3,4)5;/h7-8,13-15,20H,1,9-11H2,2-6H3,(H,21,24);/q-1;/t13-,14+,15-,19+;/m1./s1. The summed E-state index contributed by atoms with van der Waals surface area (Å²) in [6.45, 7) is 11.6. The number of carbonyl (C=O) groups is 3. The van der Waals surface area contributed by atoms with Gasteiger partial charge in [-0.05, 0) is 25.8 Å². The number of likely N-dealkylation sites (tertiary alicyclic amines) is 1. The number of rotatable bonds is 6. The number of nitrogens with zero attached hydrogens (tertiary/aromatic N) is 1. The van der Waals surface area contributed by atoms with Gasteiger partial charge in [-0.3, -0.25) is 14.4 Å². The van der Waals surface area contributed by atoms with Gasteiger partial charge in [-0.2, -0.15) is 0 Å². The van der Waals surface area contributed by atoms with Crippen molar-refractivity contribution >= 4 is 17.6 Å². The van der Waals surface area contributed by atoms with Gasteiger partial charge in [0.1, 0.15) is 5.54 Å². The smallest absolute Gasteiger partial charge is 0.240 e. The molecule has 0 aromatic rings. The van der Waals surface area contributed by atoms with Crippen LogP contribution in [0.1, 0.15) is 40.5 Å². The number of Topliss-reactive ketones (excluding diaryl/α,β-unsaturated/α-hetero) is 1. The largest absolute Gasteiger partial charge is 0.362 e. The monoisotopic (exact) mass is 532 g/mol. The summed E-state index contributed by atoms with van der Waals surface area (Å²) >= 11 is 0. The number of carbonyl (C=O) groups excluding carboxylic acids is 3. The Bertz CT molecular complexity index is 587. The Morgan fingerprint density at radius 3 is 2.38 bits per heavy atom. The molecule has 2 fully saturated rings. The van der Waals surface area contributed by atoms with E-state index in [1.54, 1.807) is 18.0 Å². The zero-order valence-electron chi connectivity index (χ0n) is 16.3. The van der Waals surface area contributed by atoms with Crippen molar-refractivity contribution in [3.63, 3.8) is 0 Å². The van der Waals surface area contributed by atoms with Gasteiger partial charge in [-0.1, -0.05) is 26.8 Å². The molecule has 2 N–H and O–H groups in total. The first-order valence-corrected chi connectivity index (χ1v) is 8.83. The molecule has 26 heavy (non-hydrogen) atoms. The van der Waals surface area contributed by atoms with Gasteiger partial charge in [0, 0.05) is 27.0 Å². The van der Waals surface area contributed by atoms with Crippen LogP contribution >= 0.6 is 0 Å². The first-order chi connectivity index (χ1) is 11.6. The van der Waals surface area contributed by atoms with Crippen LogP contribution in [0.4, 0.5) is 0 Å². The molecule has 1 heterocycles. The summed E-state index contributed by atoms with van der Waals surface area (Å²) in [6.07, 6.45) is 4.74. The molecule has 1 saturated carbocycles. The molecule has 1 aliphatic heterocycles. The minimum atomic E-state index is -0.831. The van der Waals surface area contributed by atoms with E-state index in [1.807, 2.05) is 27.2 Å². The molecular weight excluding hydrogens is 502 g/mol. The topological polar surface area (TPSA) is 78.5 Å². The van der Waals surface area contributed by atoms with E-state index in [0.29, 0.717) is 19.4 Å². The molecule has 0 bridgehead atoms. The van der Waals surface area contributed by atoms with Crippen molar-refractivity contribution in [1.82, 2.24) is 15.5 Å². The van der Waals surface area contributed by atoms with Gasteiger partial charge in [0.05, 0.1) is 12.1 Å². The molecule has 2 amide bonds. The Morgan fingerprint density at radius 1 is 1.35 bits per heavy atom. The fraction of sp³-hybridized carbons (Fsp3) is 0.684. The maximum Gasteiger partial charge on any atom is 0.240 e. The van der Waals surface area contributed by atoms with Crippen LogP contribution in [-0.4, -0.2) is 53.7 Å². The number of amides is 2. The Balaban J connectivity index is 0.00000338. The summed E-state index contributed by atoms with van der Waals surface area (Å²) in [5.41, 5.74) is -1.09. The second-order valence-electron chi connectivity index (χ2n) is 8.18. The molecule has 7 heteroatoms. The quantitative estimate of drug-likeness (QED) is 0.397. The van der Waals surface area contributed by atoms with E-state index >= 15 is 0 Å². The Morgan fingerprint density at radius 2 is 1.96 bits per heavy atom. The summed E-state index contributed by atoms with van der Waals surface area (Å²) in [6, 6.07) is -0.939. The third-order valence-corrected chi connectivity index (χ3v) is 5.35. The van der Waals surface area contributed by atoms with E-state index in [2.05, 4.69) is 17.2 Å². The van der Waals surface area contributed by atoms with Crippen LogP contribution in [0.5, 0.6) is 0 Å². The molecule has 2 rings (SSSR count). The SMILES string of the molecule is C=C[C@@H]1C[C@]1(NC(=O)[C@@H]1C[CH-]CN1C(=O)[C@@H](NC)C(C)(C)C)C(C)=O.[W]. The molecule has 2 aliphatic rings. The van der Waals surface area contributed by atoms with Crippen LogP contribution < -0.4 is 10.6 Å². The van der Waals surface area contributed by atoms with Gasteiger partial charge in [0.15, 0.2) is 5.78 Å². The van der Waals surface area contributed by atoms with Crippen molar-refractivity contribution in [3.05, 3.63) is 19.1 Å². The van der Waals surface area contributed by atoms with Crippen molar-refractivity contribution in [3.8, 4) is 0 Å². The Kier molecular flexibility index (Phi) is 7.40. The molecule has 0 spiro atoms. The van der Waals surface area contributed by atoms with Crippen LogP contribution in [0, 0.1) is 17.8 Å². The van der Waals surface area contributed by atoms with Crippen molar-refractivity contribution in [1.29, 1.82) is 0 Å². The summed E-state index contributed by atoms with van der Waals surface area (Å²) in [4.78, 5) is 39.4. The first kappa shape index (κ1) is 23.0. The summed E-state index contributed by atoms with van der Waals surface area (Å²) in [5.74, 6) is -0.432. The molecule has 4 atom stereocenters. The van der Waals surface area contributed by atoms with Crippen molar-refractivity contribution < 1.29 is 35.4 Å². The molecule has 6 nitrogen and oxygen atoms in total. The predicted molar refractivity (Wildman–Crippen MR) is 96.6 cm³/mol. The Labute approximate surface area is 170 Å². The van der Waals surface area contributed by atoms with E-state index in [1.165, 1.54) is 6.92 Å². The average molecular weight is 532 g/mol. The Hall–Kier alpha value is -1.00. The van der Waals surface area contributed by atoms with E-state index in [4.69, 9.17) is 0 Å². The van der Waals surface area contributed by atoms with Gasteiger partial charge in [0.2, 0.25) is 11.8 Å². The predicted octanol–water partition coefficient (Wildman–Crippen LogP) is 1.07. The molecule has 0 radical (unpaired) electrons. The zero-order chi connectivity index (χ0) is 19.0. The van der Waals surface area contributed by atoms with E-state index in [9.17, 15) is 14.4 Å². The summed E-state index contributed by atoms with van der Waals surface area (Å²) < 4.78 is 0. The van der Waals surface area contributed by atoms with Crippen molar-refractivity contribution in [2.45, 2.75) is 58.2 Å². The second kappa shape index (κ2) is 8.35. The summed E-state index contributed by atoms with van der Waals surface area (Å²) in [7, 11) is 1.76. The number of likely N-dealkylation sites (N-methyl/N-ethyl adjacent to an activating group) is 1. The first-order valence-electron chi connectivity index (χ1n) is 8.83. The van der Waals surface area contributed by atoms with Crippen molar-refractivity contribution in [2.24, 2.45) is 11.3 Å². The molecule has 1 saturated heterocycles. The maximum absolute atomic E-state index is 13.0. The fourth-order valence-corrected chi connectivity index (χ4v) is 3.72. The van der Waals surface area contributed by atoms with Crippen molar-refractivity contribution in [2.75, 3.05) is 13.6 Å². The maximum atomic E-state index is 13.0. The number of hydrogen-bond donors (Lipinski definition) is 2. The molecule has 0 aromatic heterocycles. The molecule has 146 valence electrons. The van der Waals surface area contributed by atoms with Crippen LogP contribution in [0.2, 0.25) is 0 Å². The van der Waals surface area contributed by atoms with Crippen LogP contribution in [0.25, 0.3) is 0 Å². The fourth-order valence-electron chi connectivity index (χ4n) is 3.72. The number of nitrogens with one attached hydrogen (secondary N) is 2. The molecule has 1 aliphatic carbocycles. The number of hydrogen-bond acceptors (Lipinski definition) is 4. The van der Waals surface area contributed by atoms with E-state index < -0.39 is 11.6 Å². The molecule has 0 unspecified atom stereocenters. The van der Waals surface area contributed by atoms with Crippen LogP contribution in [0.3, 0.4) is 0 Å². The summed E-state index contributed by atoms with van der Waals surface area (Å²) in [5, 5.41) is 5.97. The molecule has 0 aromatic carbocycles. The van der Waals surface area contributed by atoms with Gasteiger partial charge >= 0.3 is 0 Å². The minimum absolute atomic E-state index is 0. The van der Waals surface area contributed by atoms with E-state index in [-0.39, 0.29) is 56.0 Å². The zero-order valence-corrected chi connectivity index (χ0v) is 19.2. The third kappa shape index (κ3) is 4.28. The normalized spacial score (nSPS) is 28.7. The minimum Gasteiger partial charge on any atom is -0.362 e.